The number of anilines is 1. The van der Waals surface area contributed by atoms with E-state index in [0.717, 1.165) is 65.8 Å². The number of aryl methyl sites for hydroxylation is 1. The van der Waals surface area contributed by atoms with Gasteiger partial charge in [0.05, 0.1) is 29.7 Å². The maximum atomic E-state index is 13.0. The highest BCUT2D eigenvalue weighted by molar-refractivity contribution is 6.04. The van der Waals surface area contributed by atoms with Crippen molar-refractivity contribution >= 4 is 23.8 Å². The van der Waals surface area contributed by atoms with E-state index in [9.17, 15) is 18.0 Å². The Kier molecular flexibility index (Phi) is 5.87. The molecule has 1 aliphatic carbocycles. The summed E-state index contributed by atoms with van der Waals surface area (Å²) in [6.45, 7) is 0. The summed E-state index contributed by atoms with van der Waals surface area (Å²) in [5.41, 5.74) is 8.24. The molecule has 0 radical (unpaired) electrons. The van der Waals surface area contributed by atoms with Gasteiger partial charge in [0, 0.05) is 35.6 Å². The number of alkyl halides is 3. The second-order valence-electron chi connectivity index (χ2n) is 9.43. The van der Waals surface area contributed by atoms with Crippen molar-refractivity contribution in [2.75, 3.05) is 5.32 Å². The molecular weight excluding hydrogens is 511 g/mol. The molecule has 3 aromatic rings. The summed E-state index contributed by atoms with van der Waals surface area (Å²) in [5.74, 6) is 5.53. The predicted octanol–water partition coefficient (Wildman–Crippen LogP) is 3.71. The van der Waals surface area contributed by atoms with Crippen molar-refractivity contribution in [2.24, 2.45) is 17.9 Å². The molecule has 200 valence electrons. The molecular formula is C26H24F3N9O. The molecule has 3 aliphatic rings. The summed E-state index contributed by atoms with van der Waals surface area (Å²) in [6.07, 6.45) is 4.53. The van der Waals surface area contributed by atoms with Crippen LogP contribution in [0.15, 0.2) is 71.4 Å². The minimum Gasteiger partial charge on any atom is -0.307 e. The number of amides is 1. The average molecular weight is 536 g/mol. The topological polar surface area (TPSA) is 117 Å². The molecule has 1 amide bonds. The number of benzene rings is 1. The number of aliphatic imine (C=N–C) groups is 1. The first kappa shape index (κ1) is 24.7. The second-order valence-corrected chi connectivity index (χ2v) is 9.43. The third-order valence-electron chi connectivity index (χ3n) is 7.04. The number of nitrogens with two attached hydrogens (primary N) is 1. The van der Waals surface area contributed by atoms with Crippen molar-refractivity contribution < 1.29 is 18.0 Å². The molecule has 4 N–H and O–H groups in total. The monoisotopic (exact) mass is 535 g/mol. The normalized spacial score (nSPS) is 18.5. The Hall–Kier alpha value is -4.65. The van der Waals surface area contributed by atoms with Gasteiger partial charge in [0.2, 0.25) is 0 Å². The molecule has 1 atom stereocenters. The van der Waals surface area contributed by atoms with Gasteiger partial charge in [0.15, 0.2) is 0 Å². The Morgan fingerprint density at radius 3 is 2.77 bits per heavy atom. The molecule has 0 saturated carbocycles. The van der Waals surface area contributed by atoms with Gasteiger partial charge in [-0.05, 0) is 43.5 Å². The van der Waals surface area contributed by atoms with Crippen LogP contribution in [0.3, 0.4) is 0 Å². The fraction of sp³-hybridized carbons (Fsp3) is 0.231. The zero-order chi connectivity index (χ0) is 27.3. The van der Waals surface area contributed by atoms with Gasteiger partial charge in [0.25, 0.3) is 5.91 Å². The number of aromatic nitrogens is 3. The second kappa shape index (κ2) is 9.27. The summed E-state index contributed by atoms with van der Waals surface area (Å²) < 4.78 is 40.9. The van der Waals surface area contributed by atoms with Crippen molar-refractivity contribution in [1.29, 1.82) is 0 Å². The van der Waals surface area contributed by atoms with Crippen LogP contribution >= 0.6 is 0 Å². The smallest absolute Gasteiger partial charge is 0.307 e. The summed E-state index contributed by atoms with van der Waals surface area (Å²) in [6, 6.07) is 8.35. The van der Waals surface area contributed by atoms with Crippen LogP contribution in [0.25, 0.3) is 5.70 Å². The van der Waals surface area contributed by atoms with Crippen LogP contribution in [0.1, 0.15) is 51.6 Å². The number of carbonyl (C=O) groups is 1. The number of hydrazine groups is 2. The summed E-state index contributed by atoms with van der Waals surface area (Å²) >= 11 is 0. The molecule has 2 aromatic heterocycles. The molecule has 0 unspecified atom stereocenters. The van der Waals surface area contributed by atoms with Crippen LogP contribution in [-0.4, -0.2) is 37.0 Å². The number of halogens is 3. The lowest BCUT2D eigenvalue weighted by Crippen LogP contribution is -2.38. The number of hydrogen-bond donors (Lipinski definition) is 3. The van der Waals surface area contributed by atoms with E-state index in [0.29, 0.717) is 0 Å². The van der Waals surface area contributed by atoms with Crippen LogP contribution in [0.2, 0.25) is 0 Å². The Morgan fingerprint density at radius 1 is 1.21 bits per heavy atom. The van der Waals surface area contributed by atoms with Crippen LogP contribution in [0.4, 0.5) is 19.0 Å². The third-order valence-corrected chi connectivity index (χ3v) is 7.04. The Balaban J connectivity index is 1.26. The molecule has 6 rings (SSSR count). The van der Waals surface area contributed by atoms with Gasteiger partial charge in [-0.3, -0.25) is 24.9 Å². The van der Waals surface area contributed by atoms with Crippen molar-refractivity contribution in [2.45, 2.75) is 31.5 Å². The zero-order valence-corrected chi connectivity index (χ0v) is 20.8. The lowest BCUT2D eigenvalue weighted by atomic mass is 9.92. The molecule has 39 heavy (non-hydrogen) atoms. The summed E-state index contributed by atoms with van der Waals surface area (Å²) in [5, 5.41) is 10.4. The average Bonchev–Trinajstić information content (AvgIpc) is 3.50. The first-order valence-corrected chi connectivity index (χ1v) is 12.2. The highest BCUT2D eigenvalue weighted by Gasteiger charge is 2.39. The molecule has 1 aromatic carbocycles. The number of nitrogens with one attached hydrogen (secondary N) is 2. The van der Waals surface area contributed by atoms with Crippen molar-refractivity contribution in [3.05, 3.63) is 94.3 Å². The molecule has 10 nitrogen and oxygen atoms in total. The van der Waals surface area contributed by atoms with Gasteiger partial charge < -0.3 is 5.32 Å². The number of pyridine rings is 1. The van der Waals surface area contributed by atoms with Crippen LogP contribution in [-0.2, 0) is 19.6 Å². The van der Waals surface area contributed by atoms with Crippen molar-refractivity contribution in [3.63, 3.8) is 0 Å². The van der Waals surface area contributed by atoms with Gasteiger partial charge in [-0.1, -0.05) is 12.1 Å². The van der Waals surface area contributed by atoms with E-state index in [-0.39, 0.29) is 17.4 Å². The molecule has 13 heteroatoms. The van der Waals surface area contributed by atoms with Crippen LogP contribution in [0, 0.1) is 0 Å². The van der Waals surface area contributed by atoms with E-state index in [1.807, 2.05) is 17.9 Å². The zero-order valence-electron chi connectivity index (χ0n) is 20.8. The Bertz CT molecular complexity index is 1540. The van der Waals surface area contributed by atoms with Gasteiger partial charge >= 0.3 is 6.18 Å². The number of hydrogen-bond acceptors (Lipinski definition) is 8. The minimum absolute atomic E-state index is 0.0212. The molecule has 0 saturated heterocycles. The number of fused-ring (bicyclic) bond motifs is 2. The quantitative estimate of drug-likeness (QED) is 0.436. The largest absolute Gasteiger partial charge is 0.416 e. The molecule has 0 bridgehead atoms. The molecule has 4 heterocycles. The third kappa shape index (κ3) is 4.40. The van der Waals surface area contributed by atoms with E-state index >= 15 is 0 Å². The fourth-order valence-corrected chi connectivity index (χ4v) is 5.14. The molecule has 2 aliphatic heterocycles. The predicted molar refractivity (Wildman–Crippen MR) is 137 cm³/mol. The summed E-state index contributed by atoms with van der Waals surface area (Å²) in [7, 11) is 1.94. The van der Waals surface area contributed by atoms with Gasteiger partial charge in [-0.2, -0.15) is 18.3 Å². The van der Waals surface area contributed by atoms with E-state index in [2.05, 4.69) is 30.8 Å². The Labute approximate surface area is 221 Å². The van der Waals surface area contributed by atoms with Crippen LogP contribution in [0.5, 0.6) is 0 Å². The highest BCUT2D eigenvalue weighted by Crippen LogP contribution is 2.42. The molecule has 0 spiro atoms. The maximum Gasteiger partial charge on any atom is 0.416 e. The van der Waals surface area contributed by atoms with Gasteiger partial charge in [-0.25, -0.2) is 15.8 Å². The van der Waals surface area contributed by atoms with Gasteiger partial charge in [0.1, 0.15) is 23.6 Å². The van der Waals surface area contributed by atoms with Crippen LogP contribution < -0.4 is 16.6 Å². The number of carbonyl (C=O) groups excluding carboxylic acids is 1. The lowest BCUT2D eigenvalue weighted by Gasteiger charge is -2.34. The van der Waals surface area contributed by atoms with E-state index in [1.165, 1.54) is 17.0 Å². The van der Waals surface area contributed by atoms with E-state index < -0.39 is 17.6 Å². The lowest BCUT2D eigenvalue weighted by molar-refractivity contribution is -0.137. The van der Waals surface area contributed by atoms with Crippen molar-refractivity contribution in [1.82, 2.24) is 30.2 Å². The SMILES string of the molecule is Cn1ncc2c1CCC[C@H]2N1NC(c2ccc(C(=O)Nc3cc(C(F)(F)F)ccn3)cc2)=C2C1=CN=CN2N. The first-order valence-electron chi connectivity index (χ1n) is 12.2. The number of nitrogens with zero attached hydrogens (tertiary/aromatic N) is 6. The molecule has 0 fully saturated rings. The summed E-state index contributed by atoms with van der Waals surface area (Å²) in [4.78, 5) is 20.8. The maximum absolute atomic E-state index is 13.0. The minimum atomic E-state index is -4.54. The van der Waals surface area contributed by atoms with Gasteiger partial charge in [-0.15, -0.1) is 0 Å². The van der Waals surface area contributed by atoms with Crippen molar-refractivity contribution in [3.8, 4) is 0 Å². The Morgan fingerprint density at radius 2 is 2.00 bits per heavy atom. The fourth-order valence-electron chi connectivity index (χ4n) is 5.14. The van der Waals surface area contributed by atoms with E-state index in [4.69, 9.17) is 5.84 Å². The number of rotatable bonds is 4. The first-order chi connectivity index (χ1) is 18.7. The highest BCUT2D eigenvalue weighted by atomic mass is 19.4. The standard InChI is InChI=1S/C26H24F3N9O/c1-36-19-3-2-4-20(18(19)12-33-36)38-21-13-31-14-37(30)24(21)23(35-38)15-5-7-16(8-6-15)25(39)34-22-11-17(9-10-32-22)26(27,28)29/h5-14,20,35H,2-4,30H2,1H3,(H,32,34,39)/t20-/m1/s1. The van der Waals surface area contributed by atoms with E-state index in [1.54, 1.807) is 30.5 Å².